The predicted octanol–water partition coefficient (Wildman–Crippen LogP) is 1.87. The Morgan fingerprint density at radius 1 is 1.36 bits per heavy atom. The highest BCUT2D eigenvalue weighted by Gasteiger charge is 2.26. The molecule has 1 fully saturated rings. The molecule has 1 aromatic carbocycles. The Morgan fingerprint density at radius 3 is 2.80 bits per heavy atom. The van der Waals surface area contributed by atoms with E-state index in [9.17, 15) is 9.59 Å². The van der Waals surface area contributed by atoms with Crippen LogP contribution in [0.5, 0.6) is 0 Å². The number of nitrogens with two attached hydrogens (primary N) is 1. The third kappa shape index (κ3) is 3.79. The summed E-state index contributed by atoms with van der Waals surface area (Å²) in [6.45, 7) is 3.11. The lowest BCUT2D eigenvalue weighted by molar-refractivity contribution is 0.229. The van der Waals surface area contributed by atoms with Crippen molar-refractivity contribution >= 4 is 39.9 Å². The number of nitrogen functional groups attached to an aromatic ring is 1. The Bertz CT molecular complexity index is 794. The van der Waals surface area contributed by atoms with Gasteiger partial charge in [-0.15, -0.1) is 10.2 Å². The Hall–Kier alpha value is -2.88. The van der Waals surface area contributed by atoms with Crippen molar-refractivity contribution in [3.63, 3.8) is 0 Å². The first-order chi connectivity index (χ1) is 11.9. The number of benzene rings is 1. The fourth-order valence-corrected chi connectivity index (χ4v) is 3.10. The van der Waals surface area contributed by atoms with Gasteiger partial charge in [-0.2, -0.15) is 0 Å². The second kappa shape index (κ2) is 6.93. The van der Waals surface area contributed by atoms with Gasteiger partial charge in [0, 0.05) is 31.5 Å². The molecule has 0 spiro atoms. The number of urea groups is 2. The topological polar surface area (TPSA) is 116 Å². The summed E-state index contributed by atoms with van der Waals surface area (Å²) in [5.74, 6) is 0. The van der Waals surface area contributed by atoms with Crippen molar-refractivity contribution < 1.29 is 9.59 Å². The summed E-state index contributed by atoms with van der Waals surface area (Å²) in [6.07, 6.45) is 0. The molecule has 0 unspecified atom stereocenters. The maximum Gasteiger partial charge on any atom is 0.324 e. The van der Waals surface area contributed by atoms with Crippen LogP contribution in [0.2, 0.25) is 0 Å². The molecular formula is C15H19N7O2S. The van der Waals surface area contributed by atoms with Gasteiger partial charge in [0.15, 0.2) is 0 Å². The number of rotatable bonds is 4. The normalized spacial score (nSPS) is 15.4. The summed E-state index contributed by atoms with van der Waals surface area (Å²) < 4.78 is 0. The van der Waals surface area contributed by atoms with Crippen molar-refractivity contribution in [2.45, 2.75) is 13.0 Å². The van der Waals surface area contributed by atoms with Crippen LogP contribution in [0.25, 0.3) is 0 Å². The van der Waals surface area contributed by atoms with Gasteiger partial charge in [-0.3, -0.25) is 4.90 Å². The van der Waals surface area contributed by atoms with E-state index in [1.807, 2.05) is 6.07 Å². The van der Waals surface area contributed by atoms with E-state index >= 15 is 0 Å². The van der Waals surface area contributed by atoms with E-state index in [2.05, 4.69) is 20.8 Å². The van der Waals surface area contributed by atoms with Crippen LogP contribution in [0.4, 0.5) is 26.1 Å². The van der Waals surface area contributed by atoms with E-state index in [4.69, 9.17) is 5.73 Å². The molecule has 1 aliphatic heterocycles. The van der Waals surface area contributed by atoms with E-state index in [0.717, 1.165) is 5.69 Å². The van der Waals surface area contributed by atoms with Crippen molar-refractivity contribution in [2.24, 2.45) is 0 Å². The summed E-state index contributed by atoms with van der Waals surface area (Å²) in [5, 5.41) is 14.2. The number of carbonyl (C=O) groups excluding carboxylic acids is 2. The van der Waals surface area contributed by atoms with Crippen LogP contribution in [0.3, 0.4) is 0 Å². The van der Waals surface area contributed by atoms with Gasteiger partial charge >= 0.3 is 12.1 Å². The fraction of sp³-hybridized carbons (Fsp3) is 0.333. The van der Waals surface area contributed by atoms with E-state index in [1.165, 1.54) is 11.3 Å². The zero-order valence-corrected chi connectivity index (χ0v) is 14.7. The SMILES string of the molecule is C[C@@H](NC(=O)Nc1cccc(N2CCN(C)C2=O)c1)c1nnc(N)s1. The van der Waals surface area contributed by atoms with Gasteiger partial charge in [0.1, 0.15) is 5.01 Å². The van der Waals surface area contributed by atoms with Crippen LogP contribution in [-0.4, -0.2) is 47.3 Å². The maximum absolute atomic E-state index is 12.2. The number of nitrogens with one attached hydrogen (secondary N) is 2. The summed E-state index contributed by atoms with van der Waals surface area (Å²) >= 11 is 1.23. The molecule has 1 aromatic heterocycles. The zero-order chi connectivity index (χ0) is 18.0. The first-order valence-corrected chi connectivity index (χ1v) is 8.55. The van der Waals surface area contributed by atoms with Crippen molar-refractivity contribution in [3.05, 3.63) is 29.3 Å². The number of anilines is 3. The number of hydrogen-bond acceptors (Lipinski definition) is 6. The van der Waals surface area contributed by atoms with Crippen molar-refractivity contribution in [1.29, 1.82) is 0 Å². The van der Waals surface area contributed by atoms with E-state index in [1.54, 1.807) is 42.0 Å². The monoisotopic (exact) mass is 361 g/mol. The van der Waals surface area contributed by atoms with Gasteiger partial charge in [-0.25, -0.2) is 9.59 Å². The number of carbonyl (C=O) groups is 2. The van der Waals surface area contributed by atoms with E-state index in [0.29, 0.717) is 28.9 Å². The highest BCUT2D eigenvalue weighted by atomic mass is 32.1. The van der Waals surface area contributed by atoms with Crippen LogP contribution in [0, 0.1) is 0 Å². The van der Waals surface area contributed by atoms with Crippen LogP contribution < -0.4 is 21.3 Å². The lowest BCUT2D eigenvalue weighted by Gasteiger charge is -2.17. The lowest BCUT2D eigenvalue weighted by Crippen LogP contribution is -2.31. The van der Waals surface area contributed by atoms with E-state index < -0.39 is 0 Å². The molecule has 1 atom stereocenters. The first kappa shape index (κ1) is 17.0. The third-order valence-corrected chi connectivity index (χ3v) is 4.74. The Labute approximate surface area is 148 Å². The van der Waals surface area contributed by atoms with Gasteiger partial charge in [-0.05, 0) is 25.1 Å². The predicted molar refractivity (Wildman–Crippen MR) is 96.7 cm³/mol. The van der Waals surface area contributed by atoms with Crippen LogP contribution in [-0.2, 0) is 0 Å². The second-order valence-electron chi connectivity index (χ2n) is 5.70. The molecular weight excluding hydrogens is 342 g/mol. The van der Waals surface area contributed by atoms with Gasteiger partial charge < -0.3 is 21.3 Å². The summed E-state index contributed by atoms with van der Waals surface area (Å²) in [6, 6.07) is 6.43. The molecule has 25 heavy (non-hydrogen) atoms. The zero-order valence-electron chi connectivity index (χ0n) is 13.9. The standard InChI is InChI=1S/C15H19N7O2S/c1-9(12-19-20-13(16)25-12)17-14(23)18-10-4-3-5-11(8-10)22-7-6-21(2)15(22)24/h3-5,8-9H,6-7H2,1-2H3,(H2,16,20)(H2,17,18,23)/t9-/m1/s1. The Kier molecular flexibility index (Phi) is 4.70. The maximum atomic E-state index is 12.2. The van der Waals surface area contributed by atoms with Gasteiger partial charge in [-0.1, -0.05) is 17.4 Å². The van der Waals surface area contributed by atoms with Gasteiger partial charge in [0.05, 0.1) is 6.04 Å². The molecule has 1 aliphatic rings. The smallest absolute Gasteiger partial charge is 0.324 e. The number of amides is 4. The molecule has 3 rings (SSSR count). The Balaban J connectivity index is 1.64. The molecule has 2 heterocycles. The Morgan fingerprint density at radius 2 is 2.16 bits per heavy atom. The number of aromatic nitrogens is 2. The summed E-state index contributed by atoms with van der Waals surface area (Å²) in [5.41, 5.74) is 6.89. The van der Waals surface area contributed by atoms with Crippen LogP contribution >= 0.6 is 11.3 Å². The lowest BCUT2D eigenvalue weighted by atomic mass is 10.2. The van der Waals surface area contributed by atoms with Gasteiger partial charge in [0.2, 0.25) is 5.13 Å². The molecule has 132 valence electrons. The fourth-order valence-electron chi connectivity index (χ4n) is 2.49. The molecule has 0 saturated carbocycles. The average molecular weight is 361 g/mol. The molecule has 10 heteroatoms. The molecule has 4 amide bonds. The second-order valence-corrected chi connectivity index (χ2v) is 6.75. The largest absolute Gasteiger partial charge is 0.374 e. The van der Waals surface area contributed by atoms with Crippen molar-refractivity contribution in [3.8, 4) is 0 Å². The van der Waals surface area contributed by atoms with Crippen molar-refractivity contribution in [1.82, 2.24) is 20.4 Å². The number of nitrogens with zero attached hydrogens (tertiary/aromatic N) is 4. The molecule has 9 nitrogen and oxygen atoms in total. The third-order valence-electron chi connectivity index (χ3n) is 3.81. The summed E-state index contributed by atoms with van der Waals surface area (Å²) in [4.78, 5) is 27.6. The molecule has 0 radical (unpaired) electrons. The first-order valence-electron chi connectivity index (χ1n) is 7.73. The minimum absolute atomic E-state index is 0.0518. The molecule has 2 aromatic rings. The van der Waals surface area contributed by atoms with Crippen LogP contribution in [0.1, 0.15) is 18.0 Å². The highest BCUT2D eigenvalue weighted by molar-refractivity contribution is 7.15. The van der Waals surface area contributed by atoms with E-state index in [-0.39, 0.29) is 18.1 Å². The quantitative estimate of drug-likeness (QED) is 0.769. The van der Waals surface area contributed by atoms with Crippen molar-refractivity contribution in [2.75, 3.05) is 36.1 Å². The molecule has 0 bridgehead atoms. The van der Waals surface area contributed by atoms with Gasteiger partial charge in [0.25, 0.3) is 0 Å². The average Bonchev–Trinajstić information content (AvgIpc) is 3.14. The molecule has 1 saturated heterocycles. The van der Waals surface area contributed by atoms with Crippen LogP contribution in [0.15, 0.2) is 24.3 Å². The minimum atomic E-state index is -0.372. The summed E-state index contributed by atoms with van der Waals surface area (Å²) in [7, 11) is 1.76. The number of likely N-dealkylation sites (N-methyl/N-ethyl adjacent to an activating group) is 1. The molecule has 0 aliphatic carbocycles. The number of hydrogen-bond donors (Lipinski definition) is 3. The highest BCUT2D eigenvalue weighted by Crippen LogP contribution is 2.23. The minimum Gasteiger partial charge on any atom is -0.374 e. The molecule has 4 N–H and O–H groups in total.